The lowest BCUT2D eigenvalue weighted by atomic mass is 9.73. The molecule has 1 aliphatic carbocycles. The second-order valence-electron chi connectivity index (χ2n) is 8.67. The Morgan fingerprint density at radius 1 is 1.18 bits per heavy atom. The molecule has 0 amide bonds. The highest BCUT2D eigenvalue weighted by molar-refractivity contribution is 7.99. The number of thioether (sulfide) groups is 1. The second kappa shape index (κ2) is 10.6. The van der Waals surface area contributed by atoms with Gasteiger partial charge in [0.2, 0.25) is 0 Å². The zero-order valence-corrected chi connectivity index (χ0v) is 20.0. The Bertz CT molecular complexity index is 1180. The molecule has 1 aromatic carbocycles. The first-order valence-electron chi connectivity index (χ1n) is 11.3. The molecule has 8 heteroatoms. The van der Waals surface area contributed by atoms with Gasteiger partial charge in [-0.05, 0) is 72.7 Å². The number of nitrogens with two attached hydrogens (primary N) is 1. The molecule has 1 aliphatic rings. The molecule has 0 aliphatic heterocycles. The number of nitrogens with one attached hydrogen (secondary N) is 1. The Kier molecular flexibility index (Phi) is 7.58. The molecule has 5 nitrogen and oxygen atoms in total. The highest BCUT2D eigenvalue weighted by Gasteiger charge is 2.37. The molecule has 178 valence electrons. The molecule has 1 fully saturated rings. The monoisotopic (exact) mass is 482 g/mol. The summed E-state index contributed by atoms with van der Waals surface area (Å²) in [4.78, 5) is 19.5. The number of hydrogen-bond acceptors (Lipinski definition) is 6. The van der Waals surface area contributed by atoms with Crippen LogP contribution in [0.15, 0.2) is 48.8 Å². The van der Waals surface area contributed by atoms with Crippen LogP contribution in [0.4, 0.5) is 14.5 Å². The third-order valence-corrected chi connectivity index (χ3v) is 7.95. The van der Waals surface area contributed by atoms with Gasteiger partial charge in [0.1, 0.15) is 23.0 Å². The predicted octanol–water partition coefficient (Wildman–Crippen LogP) is 5.07. The summed E-state index contributed by atoms with van der Waals surface area (Å²) in [6.07, 6.45) is 8.41. The molecule has 3 aromatic rings. The van der Waals surface area contributed by atoms with E-state index < -0.39 is 11.6 Å². The molecule has 0 radical (unpaired) electrons. The second-order valence-corrected chi connectivity index (χ2v) is 9.68. The normalized spacial score (nSPS) is 22.4. The number of aromatic nitrogens is 2. The first-order chi connectivity index (χ1) is 16.5. The lowest BCUT2D eigenvalue weighted by Gasteiger charge is -2.40. The van der Waals surface area contributed by atoms with Crippen LogP contribution >= 0.6 is 11.8 Å². The summed E-state index contributed by atoms with van der Waals surface area (Å²) < 4.78 is 29.8. The van der Waals surface area contributed by atoms with E-state index in [1.165, 1.54) is 17.7 Å². The average molecular weight is 483 g/mol. The van der Waals surface area contributed by atoms with Crippen molar-refractivity contribution < 1.29 is 13.6 Å². The van der Waals surface area contributed by atoms with Gasteiger partial charge in [0, 0.05) is 30.1 Å². The maximum atomic E-state index is 15.1. The number of hydrogen-bond donors (Lipinski definition) is 2. The third-order valence-electron chi connectivity index (χ3n) is 6.67. The lowest BCUT2D eigenvalue weighted by molar-refractivity contribution is 0.111. The summed E-state index contributed by atoms with van der Waals surface area (Å²) in [5, 5.41) is 3.39. The summed E-state index contributed by atoms with van der Waals surface area (Å²) in [5.74, 6) is -0.860. The minimum absolute atomic E-state index is 0.0399. The van der Waals surface area contributed by atoms with E-state index in [-0.39, 0.29) is 40.1 Å². The van der Waals surface area contributed by atoms with E-state index in [4.69, 9.17) is 5.73 Å². The fraction of sp³-hybridized carbons (Fsp3) is 0.346. The molecular weight excluding hydrogens is 454 g/mol. The standard InChI is InChI=1S/C26H28F2N4OS/c1-30-23-13-31-9-8-19(23)16-11-17(26(34-2)22(29)12-16)10-15-4-3-5-20(27)24(15)25-21(28)7-6-18(14-33)32-25/h3-9,13-14,16-17,22,26,30H,10-12,29H2,1-2H3/t16?,17-,22?,26?/m0/s1. The van der Waals surface area contributed by atoms with Gasteiger partial charge in [0.25, 0.3) is 0 Å². The van der Waals surface area contributed by atoms with Gasteiger partial charge in [0.15, 0.2) is 6.29 Å². The van der Waals surface area contributed by atoms with Crippen LogP contribution in [-0.2, 0) is 6.42 Å². The fourth-order valence-corrected chi connectivity index (χ4v) is 6.24. The highest BCUT2D eigenvalue weighted by Crippen LogP contribution is 2.44. The van der Waals surface area contributed by atoms with Crippen LogP contribution in [0, 0.1) is 17.6 Å². The van der Waals surface area contributed by atoms with Crippen LogP contribution in [0.25, 0.3) is 11.3 Å². The van der Waals surface area contributed by atoms with Crippen molar-refractivity contribution in [2.75, 3.05) is 18.6 Å². The number of anilines is 1. The largest absolute Gasteiger partial charge is 0.387 e. The van der Waals surface area contributed by atoms with Gasteiger partial charge in [-0.25, -0.2) is 13.8 Å². The molecule has 0 spiro atoms. The first-order valence-corrected chi connectivity index (χ1v) is 12.5. The molecule has 4 atom stereocenters. The molecule has 3 N–H and O–H groups in total. The summed E-state index contributed by atoms with van der Waals surface area (Å²) in [6, 6.07) is 9.17. The van der Waals surface area contributed by atoms with Crippen molar-refractivity contribution in [3.05, 3.63) is 77.2 Å². The highest BCUT2D eigenvalue weighted by atomic mass is 32.2. The Balaban J connectivity index is 1.72. The Morgan fingerprint density at radius 2 is 2.00 bits per heavy atom. The van der Waals surface area contributed by atoms with Gasteiger partial charge in [-0.15, -0.1) is 0 Å². The van der Waals surface area contributed by atoms with E-state index in [0.717, 1.165) is 24.6 Å². The first kappa shape index (κ1) is 24.3. The molecule has 0 bridgehead atoms. The van der Waals surface area contributed by atoms with Crippen LogP contribution in [0.3, 0.4) is 0 Å². The summed E-state index contributed by atoms with van der Waals surface area (Å²) >= 11 is 1.72. The zero-order chi connectivity index (χ0) is 24.2. The third kappa shape index (κ3) is 4.83. The Labute approximate surface area is 202 Å². The smallest absolute Gasteiger partial charge is 0.168 e. The topological polar surface area (TPSA) is 80.9 Å². The summed E-state index contributed by atoms with van der Waals surface area (Å²) in [7, 11) is 1.87. The molecule has 0 saturated heterocycles. The number of nitrogens with zero attached hydrogens (tertiary/aromatic N) is 2. The number of carbonyl (C=O) groups is 1. The van der Waals surface area contributed by atoms with E-state index in [9.17, 15) is 9.18 Å². The number of aldehydes is 1. The molecule has 2 heterocycles. The van der Waals surface area contributed by atoms with Crippen molar-refractivity contribution in [1.29, 1.82) is 0 Å². The maximum Gasteiger partial charge on any atom is 0.168 e. The molecule has 1 saturated carbocycles. The van der Waals surface area contributed by atoms with E-state index in [1.807, 2.05) is 31.6 Å². The quantitative estimate of drug-likeness (QED) is 0.458. The van der Waals surface area contributed by atoms with E-state index in [2.05, 4.69) is 15.3 Å². The van der Waals surface area contributed by atoms with Gasteiger partial charge >= 0.3 is 0 Å². The Hall–Kier alpha value is -2.84. The van der Waals surface area contributed by atoms with Crippen LogP contribution in [0.2, 0.25) is 0 Å². The van der Waals surface area contributed by atoms with Gasteiger partial charge < -0.3 is 11.1 Å². The van der Waals surface area contributed by atoms with Gasteiger partial charge in [-0.2, -0.15) is 11.8 Å². The molecule has 4 rings (SSSR count). The van der Waals surface area contributed by atoms with Crippen LogP contribution < -0.4 is 11.1 Å². The van der Waals surface area contributed by atoms with E-state index in [1.54, 1.807) is 24.0 Å². The lowest BCUT2D eigenvalue weighted by Crippen LogP contribution is -2.44. The zero-order valence-electron chi connectivity index (χ0n) is 19.2. The van der Waals surface area contributed by atoms with Crippen LogP contribution in [-0.4, -0.2) is 40.8 Å². The molecular formula is C26H28F2N4OS. The van der Waals surface area contributed by atoms with Gasteiger partial charge in [-0.1, -0.05) is 12.1 Å². The van der Waals surface area contributed by atoms with E-state index >= 15 is 4.39 Å². The number of carbonyl (C=O) groups excluding carboxylic acids is 1. The van der Waals surface area contributed by atoms with E-state index in [0.29, 0.717) is 18.3 Å². The SMILES string of the molecule is CNc1cnccc1C1CC(N)C(SC)[C@@H](Cc2cccc(F)c2-c2nc(C=O)ccc2F)C1. The van der Waals surface area contributed by atoms with Gasteiger partial charge in [-0.3, -0.25) is 9.78 Å². The minimum Gasteiger partial charge on any atom is -0.387 e. The van der Waals surface area contributed by atoms with Crippen LogP contribution in [0.1, 0.15) is 40.4 Å². The molecule has 2 aromatic heterocycles. The van der Waals surface area contributed by atoms with Crippen molar-refractivity contribution in [3.8, 4) is 11.3 Å². The predicted molar refractivity (Wildman–Crippen MR) is 133 cm³/mol. The van der Waals surface area contributed by atoms with Gasteiger partial charge in [0.05, 0.1) is 11.9 Å². The number of benzene rings is 1. The van der Waals surface area contributed by atoms with Crippen molar-refractivity contribution in [3.63, 3.8) is 0 Å². The summed E-state index contributed by atoms with van der Waals surface area (Å²) in [6.45, 7) is 0. The fourth-order valence-electron chi connectivity index (χ4n) is 5.18. The number of halogens is 2. The Morgan fingerprint density at radius 3 is 2.74 bits per heavy atom. The number of pyridine rings is 2. The van der Waals surface area contributed by atoms with Crippen molar-refractivity contribution in [2.45, 2.75) is 36.5 Å². The maximum absolute atomic E-state index is 15.1. The van der Waals surface area contributed by atoms with Crippen LogP contribution in [0.5, 0.6) is 0 Å². The number of rotatable bonds is 7. The average Bonchev–Trinajstić information content (AvgIpc) is 2.84. The summed E-state index contributed by atoms with van der Waals surface area (Å²) in [5.41, 5.74) is 9.49. The van der Waals surface area contributed by atoms with Crippen molar-refractivity contribution in [1.82, 2.24) is 9.97 Å². The molecule has 3 unspecified atom stereocenters. The van der Waals surface area contributed by atoms with Crippen molar-refractivity contribution in [2.24, 2.45) is 11.7 Å². The molecule has 34 heavy (non-hydrogen) atoms. The van der Waals surface area contributed by atoms with Crippen molar-refractivity contribution >= 4 is 23.7 Å². The minimum atomic E-state index is -0.660.